The van der Waals surface area contributed by atoms with Crippen molar-refractivity contribution in [2.75, 3.05) is 0 Å². The van der Waals surface area contributed by atoms with Crippen molar-refractivity contribution in [1.29, 1.82) is 0 Å². The summed E-state index contributed by atoms with van der Waals surface area (Å²) < 4.78 is 31.3. The summed E-state index contributed by atoms with van der Waals surface area (Å²) in [6.07, 6.45) is 5.33. The second kappa shape index (κ2) is 7.98. The summed E-state index contributed by atoms with van der Waals surface area (Å²) in [6.45, 7) is 8.20. The van der Waals surface area contributed by atoms with Gasteiger partial charge in [-0.1, -0.05) is 32.9 Å². The Morgan fingerprint density at radius 2 is 1.94 bits per heavy atom. The summed E-state index contributed by atoms with van der Waals surface area (Å²) in [4.78, 5) is 9.46. The fourth-order valence-electron chi connectivity index (χ4n) is 6.44. The number of fused-ring (bicyclic) bond motifs is 5. The molecule has 0 amide bonds. The molecule has 0 unspecified atom stereocenters. The molecule has 3 aromatic heterocycles. The Labute approximate surface area is 208 Å². The molecular formula is C28H28F2N6. The van der Waals surface area contributed by atoms with E-state index in [-0.39, 0.29) is 22.6 Å². The lowest BCUT2D eigenvalue weighted by atomic mass is 9.66. The summed E-state index contributed by atoms with van der Waals surface area (Å²) >= 11 is 0. The molecule has 4 aromatic rings. The van der Waals surface area contributed by atoms with Crippen LogP contribution in [0, 0.1) is 24.0 Å². The van der Waals surface area contributed by atoms with Crippen molar-refractivity contribution in [3.8, 4) is 17.1 Å². The topological polar surface area (TPSA) is 69.4 Å². The molecule has 8 heteroatoms. The molecule has 2 bridgehead atoms. The molecule has 0 radical (unpaired) electrons. The number of hydrogen-bond acceptors (Lipinski definition) is 5. The highest BCUT2D eigenvalue weighted by Gasteiger charge is 2.65. The number of aryl methyl sites for hydroxylation is 2. The van der Waals surface area contributed by atoms with E-state index in [1.807, 2.05) is 24.3 Å². The molecule has 2 atom stereocenters. The normalized spacial score (nSPS) is 21.7. The van der Waals surface area contributed by atoms with Gasteiger partial charge in [-0.3, -0.25) is 0 Å². The van der Waals surface area contributed by atoms with Crippen LogP contribution in [0.1, 0.15) is 74.3 Å². The molecule has 2 aliphatic rings. The Kier molecular flexibility index (Phi) is 5.07. The Morgan fingerprint density at radius 1 is 1.11 bits per heavy atom. The third-order valence-electron chi connectivity index (χ3n) is 8.34. The maximum atomic E-state index is 14.9. The van der Waals surface area contributed by atoms with Gasteiger partial charge in [0.2, 0.25) is 0 Å². The van der Waals surface area contributed by atoms with Crippen LogP contribution < -0.4 is 0 Å². The smallest absolute Gasteiger partial charge is 0.155 e. The minimum Gasteiger partial charge on any atom is -0.233 e. The van der Waals surface area contributed by atoms with Gasteiger partial charge in [0, 0.05) is 6.42 Å². The van der Waals surface area contributed by atoms with Gasteiger partial charge in [-0.2, -0.15) is 5.10 Å². The van der Waals surface area contributed by atoms with Crippen molar-refractivity contribution in [2.45, 2.75) is 64.7 Å². The Bertz CT molecular complexity index is 1490. The van der Waals surface area contributed by atoms with Crippen LogP contribution in [-0.4, -0.2) is 29.9 Å². The largest absolute Gasteiger partial charge is 0.233 e. The standard InChI is InChI=1S/C28H28F2N6/c1-5-7-22-31-15-36(35-22)23-9-6-8-21(32-23)28-13-12-18(27(28,3)4)17-14-20(33-34-26(17)28)24-19(29)11-10-16(2)25(24)30/h6,8-11,14-15,18H,5,7,12-13H2,1-4H3/t18-,28-/m0/s1. The van der Waals surface area contributed by atoms with Crippen LogP contribution in [0.4, 0.5) is 8.78 Å². The monoisotopic (exact) mass is 486 g/mol. The maximum Gasteiger partial charge on any atom is 0.155 e. The van der Waals surface area contributed by atoms with Crippen molar-refractivity contribution in [3.63, 3.8) is 0 Å². The fraction of sp³-hybridized carbons (Fsp3) is 0.393. The van der Waals surface area contributed by atoms with Crippen molar-refractivity contribution >= 4 is 0 Å². The fourth-order valence-corrected chi connectivity index (χ4v) is 6.44. The van der Waals surface area contributed by atoms with Gasteiger partial charge >= 0.3 is 0 Å². The summed E-state index contributed by atoms with van der Waals surface area (Å²) in [5.74, 6) is 0.466. The van der Waals surface area contributed by atoms with Crippen LogP contribution in [-0.2, 0) is 11.8 Å². The molecule has 0 spiro atoms. The highest BCUT2D eigenvalue weighted by molar-refractivity contribution is 5.65. The number of nitrogens with zero attached hydrogens (tertiary/aromatic N) is 6. The van der Waals surface area contributed by atoms with E-state index in [0.29, 0.717) is 11.4 Å². The number of hydrogen-bond donors (Lipinski definition) is 0. The lowest BCUT2D eigenvalue weighted by Gasteiger charge is -2.37. The lowest BCUT2D eigenvalue weighted by molar-refractivity contribution is 0.242. The van der Waals surface area contributed by atoms with Crippen LogP contribution in [0.3, 0.4) is 0 Å². The molecule has 0 aliphatic heterocycles. The molecule has 1 saturated carbocycles. The van der Waals surface area contributed by atoms with E-state index >= 15 is 0 Å². The molecule has 184 valence electrons. The third kappa shape index (κ3) is 3.02. The number of pyridine rings is 1. The minimum atomic E-state index is -0.630. The zero-order valence-electron chi connectivity index (χ0n) is 20.9. The zero-order chi connectivity index (χ0) is 25.2. The zero-order valence-corrected chi connectivity index (χ0v) is 20.9. The van der Waals surface area contributed by atoms with Gasteiger partial charge in [-0.25, -0.2) is 23.4 Å². The van der Waals surface area contributed by atoms with Crippen LogP contribution in [0.15, 0.2) is 42.7 Å². The van der Waals surface area contributed by atoms with E-state index in [1.54, 1.807) is 17.9 Å². The lowest BCUT2D eigenvalue weighted by Crippen LogP contribution is -2.38. The van der Waals surface area contributed by atoms with Gasteiger partial charge in [0.1, 0.15) is 18.0 Å². The predicted molar refractivity (Wildman–Crippen MR) is 132 cm³/mol. The van der Waals surface area contributed by atoms with Crippen molar-refractivity contribution in [1.82, 2.24) is 29.9 Å². The van der Waals surface area contributed by atoms with E-state index in [9.17, 15) is 8.78 Å². The first-order valence-corrected chi connectivity index (χ1v) is 12.5. The summed E-state index contributed by atoms with van der Waals surface area (Å²) in [5, 5.41) is 13.6. The summed E-state index contributed by atoms with van der Waals surface area (Å²) in [6, 6.07) is 10.5. The number of aromatic nitrogens is 6. The first kappa shape index (κ1) is 22.9. The molecule has 3 heterocycles. The molecule has 2 aliphatic carbocycles. The maximum absolute atomic E-state index is 14.9. The highest BCUT2D eigenvalue weighted by atomic mass is 19.1. The van der Waals surface area contributed by atoms with Gasteiger partial charge in [0.25, 0.3) is 0 Å². The Morgan fingerprint density at radius 3 is 2.75 bits per heavy atom. The van der Waals surface area contributed by atoms with Gasteiger partial charge in [-0.15, -0.1) is 10.2 Å². The van der Waals surface area contributed by atoms with E-state index < -0.39 is 17.0 Å². The van der Waals surface area contributed by atoms with Gasteiger partial charge in [0.05, 0.1) is 28.1 Å². The molecule has 1 fully saturated rings. The summed E-state index contributed by atoms with van der Waals surface area (Å²) in [7, 11) is 0. The molecule has 6 nitrogen and oxygen atoms in total. The van der Waals surface area contributed by atoms with Crippen molar-refractivity contribution in [2.24, 2.45) is 5.41 Å². The van der Waals surface area contributed by atoms with E-state index in [2.05, 4.69) is 41.1 Å². The molecular weight excluding hydrogens is 458 g/mol. The highest BCUT2D eigenvalue weighted by Crippen LogP contribution is 2.69. The average molecular weight is 487 g/mol. The quantitative estimate of drug-likeness (QED) is 0.353. The van der Waals surface area contributed by atoms with E-state index in [0.717, 1.165) is 48.5 Å². The van der Waals surface area contributed by atoms with Crippen LogP contribution in [0.2, 0.25) is 0 Å². The minimum absolute atomic E-state index is 0.117. The second-order valence-electron chi connectivity index (χ2n) is 10.5. The molecule has 0 saturated heterocycles. The summed E-state index contributed by atoms with van der Waals surface area (Å²) in [5.41, 5.74) is 2.62. The predicted octanol–water partition coefficient (Wildman–Crippen LogP) is 5.86. The molecule has 0 N–H and O–H groups in total. The molecule has 1 aromatic carbocycles. The number of halogens is 2. The Hall–Kier alpha value is -3.55. The number of benzene rings is 1. The molecule has 6 rings (SSSR count). The van der Waals surface area contributed by atoms with Gasteiger partial charge in [-0.05, 0) is 72.9 Å². The van der Waals surface area contributed by atoms with Crippen molar-refractivity contribution < 1.29 is 8.78 Å². The second-order valence-corrected chi connectivity index (χ2v) is 10.5. The van der Waals surface area contributed by atoms with Crippen LogP contribution in [0.25, 0.3) is 17.1 Å². The van der Waals surface area contributed by atoms with E-state index in [1.165, 1.54) is 12.1 Å². The first-order valence-electron chi connectivity index (χ1n) is 12.5. The van der Waals surface area contributed by atoms with Gasteiger partial charge in [0.15, 0.2) is 11.6 Å². The first-order chi connectivity index (χ1) is 17.3. The third-order valence-corrected chi connectivity index (χ3v) is 8.34. The SMILES string of the molecule is CCCc1ncn(-c2cccc([C@@]34CC[C@@H](c5cc(-c6c(F)ccc(C)c6F)nnc53)C4(C)C)n2)n1. The number of rotatable bonds is 5. The van der Waals surface area contributed by atoms with Crippen LogP contribution in [0.5, 0.6) is 0 Å². The average Bonchev–Trinajstić information content (AvgIpc) is 3.50. The molecule has 36 heavy (non-hydrogen) atoms. The van der Waals surface area contributed by atoms with E-state index in [4.69, 9.17) is 4.98 Å². The van der Waals surface area contributed by atoms with Crippen LogP contribution >= 0.6 is 0 Å². The van der Waals surface area contributed by atoms with Crippen molar-refractivity contribution in [3.05, 3.63) is 82.7 Å². The van der Waals surface area contributed by atoms with Gasteiger partial charge < -0.3 is 0 Å². The Balaban J connectivity index is 1.48.